The molecule has 0 aliphatic rings. The molecule has 2 aromatic rings. The number of nitrogens with one attached hydrogen (secondary N) is 1. The molecule has 2 aromatic heterocycles. The van der Waals surface area contributed by atoms with E-state index in [1.165, 1.54) is 11.3 Å². The highest BCUT2D eigenvalue weighted by atomic mass is 32.1. The van der Waals surface area contributed by atoms with Gasteiger partial charge in [0.15, 0.2) is 5.82 Å². The standard InChI is InChI=1S/C17H26N4O2S/c1-8-9-11-19-14(21-23-11)17(6,7)20-13(22)12-10(2)18-15(24-12)16(3,4)5/h8-9H2,1-7H3,(H,20,22). The predicted octanol–water partition coefficient (Wildman–Crippen LogP) is 3.75. The zero-order valence-electron chi connectivity index (χ0n) is 15.5. The van der Waals surface area contributed by atoms with Crippen LogP contribution in [-0.4, -0.2) is 21.0 Å². The molecule has 0 saturated carbocycles. The van der Waals surface area contributed by atoms with Gasteiger partial charge in [0.1, 0.15) is 4.88 Å². The van der Waals surface area contributed by atoms with Crippen LogP contribution in [0.1, 0.15) is 80.1 Å². The Morgan fingerprint density at radius 3 is 2.42 bits per heavy atom. The Labute approximate surface area is 147 Å². The summed E-state index contributed by atoms with van der Waals surface area (Å²) < 4.78 is 5.23. The van der Waals surface area contributed by atoms with Crippen LogP contribution < -0.4 is 5.32 Å². The maximum atomic E-state index is 12.7. The summed E-state index contributed by atoms with van der Waals surface area (Å²) in [5.41, 5.74) is -0.0464. The van der Waals surface area contributed by atoms with Crippen molar-refractivity contribution in [3.05, 3.63) is 27.3 Å². The summed E-state index contributed by atoms with van der Waals surface area (Å²) >= 11 is 1.44. The number of aromatic nitrogens is 3. The number of carbonyl (C=O) groups excluding carboxylic acids is 1. The van der Waals surface area contributed by atoms with Crippen molar-refractivity contribution in [1.82, 2.24) is 20.4 Å². The maximum absolute atomic E-state index is 12.7. The molecule has 0 spiro atoms. The van der Waals surface area contributed by atoms with E-state index in [2.05, 4.69) is 48.1 Å². The Morgan fingerprint density at radius 1 is 1.21 bits per heavy atom. The van der Waals surface area contributed by atoms with Crippen molar-refractivity contribution < 1.29 is 9.32 Å². The van der Waals surface area contributed by atoms with Gasteiger partial charge in [0.05, 0.1) is 16.2 Å². The van der Waals surface area contributed by atoms with Crippen molar-refractivity contribution in [2.24, 2.45) is 0 Å². The molecular formula is C17H26N4O2S. The Hall–Kier alpha value is -1.76. The summed E-state index contributed by atoms with van der Waals surface area (Å²) in [6, 6.07) is 0. The van der Waals surface area contributed by atoms with Crippen molar-refractivity contribution >= 4 is 17.2 Å². The van der Waals surface area contributed by atoms with Crippen LogP contribution in [0.3, 0.4) is 0 Å². The van der Waals surface area contributed by atoms with Gasteiger partial charge < -0.3 is 9.84 Å². The summed E-state index contributed by atoms with van der Waals surface area (Å²) in [5.74, 6) is 0.920. The van der Waals surface area contributed by atoms with Gasteiger partial charge in [0, 0.05) is 11.8 Å². The number of hydrogen-bond acceptors (Lipinski definition) is 6. The number of carbonyl (C=O) groups is 1. The zero-order valence-corrected chi connectivity index (χ0v) is 16.3. The SMILES string of the molecule is CCCc1nc(C(C)(C)NC(=O)c2sc(C(C)(C)C)nc2C)no1. The molecule has 0 atom stereocenters. The first-order valence-electron chi connectivity index (χ1n) is 8.18. The van der Waals surface area contributed by atoms with Crippen LogP contribution >= 0.6 is 11.3 Å². The molecular weight excluding hydrogens is 324 g/mol. The minimum absolute atomic E-state index is 0.0772. The average molecular weight is 350 g/mol. The first-order valence-corrected chi connectivity index (χ1v) is 8.99. The number of amides is 1. The predicted molar refractivity (Wildman–Crippen MR) is 94.3 cm³/mol. The van der Waals surface area contributed by atoms with Crippen LogP contribution in [0.4, 0.5) is 0 Å². The van der Waals surface area contributed by atoms with Crippen LogP contribution in [0, 0.1) is 6.92 Å². The highest BCUT2D eigenvalue weighted by molar-refractivity contribution is 7.14. The first kappa shape index (κ1) is 18.6. The van der Waals surface area contributed by atoms with Gasteiger partial charge in [0.2, 0.25) is 5.89 Å². The lowest BCUT2D eigenvalue weighted by molar-refractivity contribution is 0.0911. The Kier molecular flexibility index (Phi) is 5.13. The molecule has 132 valence electrons. The number of aryl methyl sites for hydroxylation is 2. The second-order valence-corrected chi connectivity index (χ2v) is 8.52. The molecule has 0 aliphatic carbocycles. The van der Waals surface area contributed by atoms with Crippen LogP contribution in [0.25, 0.3) is 0 Å². The van der Waals surface area contributed by atoms with E-state index in [0.717, 1.165) is 23.5 Å². The lowest BCUT2D eigenvalue weighted by Crippen LogP contribution is -2.41. The number of nitrogens with zero attached hydrogens (tertiary/aromatic N) is 3. The van der Waals surface area contributed by atoms with Crippen LogP contribution in [0.5, 0.6) is 0 Å². The quantitative estimate of drug-likeness (QED) is 0.888. The monoisotopic (exact) mass is 350 g/mol. The topological polar surface area (TPSA) is 80.9 Å². The van der Waals surface area contributed by atoms with E-state index >= 15 is 0 Å². The number of rotatable bonds is 5. The first-order chi connectivity index (χ1) is 11.0. The molecule has 2 rings (SSSR count). The van der Waals surface area contributed by atoms with Crippen LogP contribution in [0.15, 0.2) is 4.52 Å². The number of hydrogen-bond donors (Lipinski definition) is 1. The van der Waals surface area contributed by atoms with E-state index in [1.54, 1.807) is 0 Å². The maximum Gasteiger partial charge on any atom is 0.264 e. The molecule has 1 N–H and O–H groups in total. The van der Waals surface area contributed by atoms with Gasteiger partial charge in [-0.05, 0) is 27.2 Å². The van der Waals surface area contributed by atoms with Crippen molar-refractivity contribution in [3.63, 3.8) is 0 Å². The summed E-state index contributed by atoms with van der Waals surface area (Å²) in [6.07, 6.45) is 1.67. The second kappa shape index (κ2) is 6.63. The third-order valence-corrected chi connectivity index (χ3v) is 5.14. The van der Waals surface area contributed by atoms with E-state index in [9.17, 15) is 4.79 Å². The van der Waals surface area contributed by atoms with Gasteiger partial charge in [0.25, 0.3) is 5.91 Å². The van der Waals surface area contributed by atoms with Crippen LogP contribution in [0.2, 0.25) is 0 Å². The molecule has 0 bridgehead atoms. The largest absolute Gasteiger partial charge is 0.339 e. The minimum Gasteiger partial charge on any atom is -0.339 e. The van der Waals surface area contributed by atoms with Crippen molar-refractivity contribution in [2.45, 2.75) is 72.3 Å². The number of thiazole rings is 1. The highest BCUT2D eigenvalue weighted by Crippen LogP contribution is 2.30. The second-order valence-electron chi connectivity index (χ2n) is 7.52. The van der Waals surface area contributed by atoms with Gasteiger partial charge in [-0.15, -0.1) is 11.3 Å². The van der Waals surface area contributed by atoms with Crippen molar-refractivity contribution in [1.29, 1.82) is 0 Å². The molecule has 0 radical (unpaired) electrons. The molecule has 24 heavy (non-hydrogen) atoms. The fourth-order valence-electron chi connectivity index (χ4n) is 2.15. The molecule has 6 nitrogen and oxygen atoms in total. The Morgan fingerprint density at radius 2 is 1.88 bits per heavy atom. The molecule has 0 aromatic carbocycles. The smallest absolute Gasteiger partial charge is 0.264 e. The summed E-state index contributed by atoms with van der Waals surface area (Å²) in [4.78, 5) is 22.3. The molecule has 1 amide bonds. The molecule has 0 unspecified atom stereocenters. The third kappa shape index (κ3) is 4.01. The average Bonchev–Trinajstić information content (AvgIpc) is 3.05. The van der Waals surface area contributed by atoms with Crippen molar-refractivity contribution in [2.75, 3.05) is 0 Å². The van der Waals surface area contributed by atoms with Gasteiger partial charge >= 0.3 is 0 Å². The van der Waals surface area contributed by atoms with E-state index in [0.29, 0.717) is 16.6 Å². The minimum atomic E-state index is -0.717. The lowest BCUT2D eigenvalue weighted by atomic mass is 9.98. The van der Waals surface area contributed by atoms with E-state index in [1.807, 2.05) is 20.8 Å². The van der Waals surface area contributed by atoms with E-state index in [-0.39, 0.29) is 11.3 Å². The van der Waals surface area contributed by atoms with Crippen LogP contribution in [-0.2, 0) is 17.4 Å². The van der Waals surface area contributed by atoms with Gasteiger partial charge in [-0.2, -0.15) is 4.98 Å². The Bertz CT molecular complexity index is 725. The Balaban J connectivity index is 2.20. The fraction of sp³-hybridized carbons (Fsp3) is 0.647. The molecule has 7 heteroatoms. The van der Waals surface area contributed by atoms with Gasteiger partial charge in [-0.1, -0.05) is 32.9 Å². The molecule has 0 fully saturated rings. The molecule has 0 saturated heterocycles. The molecule has 0 aliphatic heterocycles. The fourth-order valence-corrected chi connectivity index (χ4v) is 3.17. The van der Waals surface area contributed by atoms with Gasteiger partial charge in [-0.25, -0.2) is 4.98 Å². The summed E-state index contributed by atoms with van der Waals surface area (Å²) in [6.45, 7) is 13.9. The summed E-state index contributed by atoms with van der Waals surface area (Å²) in [5, 5.41) is 7.96. The summed E-state index contributed by atoms with van der Waals surface area (Å²) in [7, 11) is 0. The van der Waals surface area contributed by atoms with Crippen molar-refractivity contribution in [3.8, 4) is 0 Å². The lowest BCUT2D eigenvalue weighted by Gasteiger charge is -2.22. The molecule has 2 heterocycles. The highest BCUT2D eigenvalue weighted by Gasteiger charge is 2.31. The van der Waals surface area contributed by atoms with E-state index in [4.69, 9.17) is 4.52 Å². The van der Waals surface area contributed by atoms with E-state index < -0.39 is 5.54 Å². The zero-order chi connectivity index (χ0) is 18.1. The normalized spacial score (nSPS) is 12.5. The van der Waals surface area contributed by atoms with Gasteiger partial charge in [-0.3, -0.25) is 4.79 Å². The third-order valence-electron chi connectivity index (χ3n) is 3.56.